The predicted molar refractivity (Wildman–Crippen MR) is 84.8 cm³/mol. The first-order valence-electron chi connectivity index (χ1n) is 5.97. The van der Waals surface area contributed by atoms with Crippen LogP contribution >= 0.6 is 23.1 Å². The lowest BCUT2D eigenvalue weighted by atomic mass is 10.3. The van der Waals surface area contributed by atoms with Crippen LogP contribution in [0.3, 0.4) is 0 Å². The number of rotatable bonds is 6. The lowest BCUT2D eigenvalue weighted by Crippen LogP contribution is -1.97. The van der Waals surface area contributed by atoms with Crippen molar-refractivity contribution in [3.8, 4) is 0 Å². The Morgan fingerprint density at radius 2 is 2.00 bits per heavy atom. The molecule has 0 spiro atoms. The van der Waals surface area contributed by atoms with Crippen molar-refractivity contribution in [3.05, 3.63) is 50.9 Å². The Hall–Kier alpha value is -1.78. The second-order valence-corrected chi connectivity index (χ2v) is 8.35. The first-order chi connectivity index (χ1) is 10.4. The van der Waals surface area contributed by atoms with Crippen LogP contribution < -0.4 is 0 Å². The van der Waals surface area contributed by atoms with Crippen LogP contribution in [0.1, 0.15) is 5.01 Å². The van der Waals surface area contributed by atoms with Gasteiger partial charge in [0.05, 0.1) is 9.82 Å². The lowest BCUT2D eigenvalue weighted by molar-refractivity contribution is -0.384. The average molecular weight is 357 g/mol. The standard InChI is InChI=1S/C12H11N3O4S3/c1-9-13-14-12(21-9)20-7-2-8-22(18,19)11-5-3-10(4-6-11)15(16)17/h2-6,8H,7H2,1H3/b8-2+. The smallest absolute Gasteiger partial charge is 0.258 e. The van der Waals surface area contributed by atoms with E-state index in [0.29, 0.717) is 5.75 Å². The summed E-state index contributed by atoms with van der Waals surface area (Å²) in [6.45, 7) is 1.84. The normalized spacial score (nSPS) is 11.9. The van der Waals surface area contributed by atoms with E-state index in [0.717, 1.165) is 14.8 Å². The van der Waals surface area contributed by atoms with Gasteiger partial charge in [-0.3, -0.25) is 10.1 Å². The van der Waals surface area contributed by atoms with E-state index in [1.165, 1.54) is 53.4 Å². The molecule has 7 nitrogen and oxygen atoms in total. The van der Waals surface area contributed by atoms with Crippen LogP contribution in [-0.2, 0) is 9.84 Å². The quantitative estimate of drug-likeness (QED) is 0.445. The summed E-state index contributed by atoms with van der Waals surface area (Å²) in [6, 6.07) is 4.77. The summed E-state index contributed by atoms with van der Waals surface area (Å²) in [5.41, 5.74) is -0.148. The van der Waals surface area contributed by atoms with E-state index in [2.05, 4.69) is 10.2 Å². The Morgan fingerprint density at radius 3 is 2.55 bits per heavy atom. The van der Waals surface area contributed by atoms with Crippen molar-refractivity contribution in [3.63, 3.8) is 0 Å². The monoisotopic (exact) mass is 357 g/mol. The number of benzene rings is 1. The molecule has 1 heterocycles. The molecule has 0 radical (unpaired) electrons. The van der Waals surface area contributed by atoms with E-state index in [4.69, 9.17) is 0 Å². The maximum atomic E-state index is 12.0. The molecule has 0 aliphatic carbocycles. The fourth-order valence-corrected chi connectivity index (χ4v) is 4.25. The van der Waals surface area contributed by atoms with Crippen molar-refractivity contribution in [2.45, 2.75) is 16.2 Å². The summed E-state index contributed by atoms with van der Waals surface area (Å²) < 4.78 is 24.8. The molecule has 0 unspecified atom stereocenters. The number of nitro groups is 1. The van der Waals surface area contributed by atoms with Crippen molar-refractivity contribution in [1.82, 2.24) is 10.2 Å². The molecule has 2 aromatic rings. The van der Waals surface area contributed by atoms with Gasteiger partial charge in [0.25, 0.3) is 5.69 Å². The second kappa shape index (κ2) is 6.99. The minimum absolute atomic E-state index is 0.0195. The zero-order valence-corrected chi connectivity index (χ0v) is 13.8. The molecular weight excluding hydrogens is 346 g/mol. The van der Waals surface area contributed by atoms with Crippen LogP contribution in [0.2, 0.25) is 0 Å². The number of nitro benzene ring substituents is 1. The zero-order chi connectivity index (χ0) is 16.2. The number of aromatic nitrogens is 2. The third kappa shape index (κ3) is 4.36. The van der Waals surface area contributed by atoms with E-state index in [-0.39, 0.29) is 10.6 Å². The highest BCUT2D eigenvalue weighted by atomic mass is 32.2. The predicted octanol–water partition coefficient (Wildman–Crippen LogP) is 2.83. The molecule has 1 aromatic heterocycles. The van der Waals surface area contributed by atoms with E-state index in [9.17, 15) is 18.5 Å². The molecule has 116 valence electrons. The number of hydrogen-bond donors (Lipinski definition) is 0. The third-order valence-electron chi connectivity index (χ3n) is 2.46. The molecule has 0 amide bonds. The van der Waals surface area contributed by atoms with Gasteiger partial charge in [0, 0.05) is 23.3 Å². The Morgan fingerprint density at radius 1 is 1.32 bits per heavy atom. The van der Waals surface area contributed by atoms with Gasteiger partial charge in [-0.1, -0.05) is 29.2 Å². The maximum Gasteiger partial charge on any atom is 0.269 e. The highest BCUT2D eigenvalue weighted by Crippen LogP contribution is 2.22. The summed E-state index contributed by atoms with van der Waals surface area (Å²) in [7, 11) is -3.60. The van der Waals surface area contributed by atoms with E-state index in [1.54, 1.807) is 0 Å². The first kappa shape index (κ1) is 16.6. The minimum Gasteiger partial charge on any atom is -0.258 e. The van der Waals surface area contributed by atoms with Crippen LogP contribution in [0.5, 0.6) is 0 Å². The molecule has 0 N–H and O–H groups in total. The fourth-order valence-electron chi connectivity index (χ4n) is 1.46. The molecule has 10 heteroatoms. The summed E-state index contributed by atoms with van der Waals surface area (Å²) in [5.74, 6) is 0.445. The maximum absolute atomic E-state index is 12.0. The van der Waals surface area contributed by atoms with E-state index >= 15 is 0 Å². The number of aryl methyl sites for hydroxylation is 1. The molecule has 0 atom stereocenters. The van der Waals surface area contributed by atoms with Crippen molar-refractivity contribution in [2.24, 2.45) is 0 Å². The number of hydrogen-bond acceptors (Lipinski definition) is 8. The van der Waals surface area contributed by atoms with Gasteiger partial charge in [-0.15, -0.1) is 10.2 Å². The van der Waals surface area contributed by atoms with Crippen LogP contribution in [0, 0.1) is 17.0 Å². The largest absolute Gasteiger partial charge is 0.269 e. The van der Waals surface area contributed by atoms with Gasteiger partial charge in [0.1, 0.15) is 5.01 Å². The Labute approximate surface area is 135 Å². The molecule has 0 bridgehead atoms. The topological polar surface area (TPSA) is 103 Å². The van der Waals surface area contributed by atoms with E-state index < -0.39 is 14.8 Å². The van der Waals surface area contributed by atoms with Gasteiger partial charge < -0.3 is 0 Å². The van der Waals surface area contributed by atoms with Crippen molar-refractivity contribution < 1.29 is 13.3 Å². The SMILES string of the molecule is Cc1nnc(SC/C=C/S(=O)(=O)c2ccc([N+](=O)[O-])cc2)s1. The number of non-ortho nitro benzene ring substituents is 1. The van der Waals surface area contributed by atoms with Crippen LogP contribution in [0.4, 0.5) is 5.69 Å². The number of sulfone groups is 1. The van der Waals surface area contributed by atoms with Gasteiger partial charge >= 0.3 is 0 Å². The fraction of sp³-hybridized carbons (Fsp3) is 0.167. The highest BCUT2D eigenvalue weighted by molar-refractivity contribution is 8.01. The zero-order valence-electron chi connectivity index (χ0n) is 11.4. The Bertz CT molecular complexity index is 797. The van der Waals surface area contributed by atoms with Gasteiger partial charge in [0.2, 0.25) is 0 Å². The van der Waals surface area contributed by atoms with Crippen LogP contribution in [0.25, 0.3) is 0 Å². The molecule has 1 aromatic carbocycles. The Balaban J connectivity index is 2.00. The molecule has 0 aliphatic heterocycles. The van der Waals surface area contributed by atoms with Gasteiger partial charge in [-0.2, -0.15) is 0 Å². The second-order valence-electron chi connectivity index (χ2n) is 4.07. The number of thioether (sulfide) groups is 1. The molecule has 0 saturated heterocycles. The molecule has 2 rings (SSSR count). The van der Waals surface area contributed by atoms with Gasteiger partial charge in [-0.25, -0.2) is 8.42 Å². The molecule has 0 aliphatic rings. The molecule has 0 fully saturated rings. The van der Waals surface area contributed by atoms with Crippen LogP contribution in [0.15, 0.2) is 45.0 Å². The van der Waals surface area contributed by atoms with Gasteiger partial charge in [0.15, 0.2) is 14.2 Å². The van der Waals surface area contributed by atoms with Gasteiger partial charge in [-0.05, 0) is 19.1 Å². The van der Waals surface area contributed by atoms with E-state index in [1.807, 2.05) is 6.92 Å². The third-order valence-corrected chi connectivity index (χ3v) is 5.87. The van der Waals surface area contributed by atoms with Crippen molar-refractivity contribution in [1.29, 1.82) is 0 Å². The average Bonchev–Trinajstić information content (AvgIpc) is 2.89. The van der Waals surface area contributed by atoms with Crippen molar-refractivity contribution in [2.75, 3.05) is 5.75 Å². The molecule has 22 heavy (non-hydrogen) atoms. The molecule has 0 saturated carbocycles. The Kier molecular flexibility index (Phi) is 5.27. The summed E-state index contributed by atoms with van der Waals surface area (Å²) in [6.07, 6.45) is 1.51. The first-order valence-corrected chi connectivity index (χ1v) is 9.32. The molecular formula is C12H11N3O4S3. The summed E-state index contributed by atoms with van der Waals surface area (Å²) in [4.78, 5) is 9.98. The minimum atomic E-state index is -3.60. The summed E-state index contributed by atoms with van der Waals surface area (Å²) in [5, 5.41) is 20.3. The van der Waals surface area contributed by atoms with Crippen LogP contribution in [-0.4, -0.2) is 29.3 Å². The lowest BCUT2D eigenvalue weighted by Gasteiger charge is -1.98. The summed E-state index contributed by atoms with van der Waals surface area (Å²) >= 11 is 2.83. The number of nitrogens with zero attached hydrogens (tertiary/aromatic N) is 3. The highest BCUT2D eigenvalue weighted by Gasteiger charge is 2.12. The van der Waals surface area contributed by atoms with Crippen molar-refractivity contribution >= 4 is 38.6 Å².